The van der Waals surface area contributed by atoms with Gasteiger partial charge < -0.3 is 10.3 Å². The lowest BCUT2D eigenvalue weighted by Crippen LogP contribution is -2.12. The zero-order valence-corrected chi connectivity index (χ0v) is 12.4. The van der Waals surface area contributed by atoms with Crippen LogP contribution in [0.5, 0.6) is 0 Å². The third kappa shape index (κ3) is 3.13. The number of nitrogens with two attached hydrogens (primary N) is 1. The first-order valence-corrected chi connectivity index (χ1v) is 7.85. The topological polar surface area (TPSA) is 56.7 Å². The van der Waals surface area contributed by atoms with Gasteiger partial charge in [0.15, 0.2) is 5.16 Å². The number of hydrogen-bond donors (Lipinski definition) is 1. The van der Waals surface area contributed by atoms with Gasteiger partial charge in [0.25, 0.3) is 0 Å². The maximum atomic E-state index is 5.60. The minimum atomic E-state index is 0.616. The highest BCUT2D eigenvalue weighted by Gasteiger charge is 2.09. The van der Waals surface area contributed by atoms with Gasteiger partial charge in [0.05, 0.1) is 0 Å². The van der Waals surface area contributed by atoms with E-state index in [0.717, 1.165) is 29.7 Å². The van der Waals surface area contributed by atoms with Crippen molar-refractivity contribution in [1.82, 2.24) is 14.8 Å². The zero-order valence-electron chi connectivity index (χ0n) is 10.7. The van der Waals surface area contributed by atoms with Gasteiger partial charge in [0, 0.05) is 28.6 Å². The number of thiophene rings is 1. The second kappa shape index (κ2) is 6.36. The van der Waals surface area contributed by atoms with Gasteiger partial charge in [-0.25, -0.2) is 0 Å². The molecule has 0 unspecified atom stereocenters. The summed E-state index contributed by atoms with van der Waals surface area (Å²) in [5, 5.41) is 9.27. The summed E-state index contributed by atoms with van der Waals surface area (Å²) in [6, 6.07) is 4.41. The summed E-state index contributed by atoms with van der Waals surface area (Å²) in [7, 11) is 0. The van der Waals surface area contributed by atoms with E-state index < -0.39 is 0 Å². The molecule has 2 rings (SSSR count). The Morgan fingerprint density at radius 3 is 2.78 bits per heavy atom. The summed E-state index contributed by atoms with van der Waals surface area (Å²) in [5.74, 6) is 1.89. The molecule has 4 nitrogen and oxygen atoms in total. The fourth-order valence-electron chi connectivity index (χ4n) is 1.68. The molecule has 0 aliphatic rings. The number of thioether (sulfide) groups is 1. The van der Waals surface area contributed by atoms with Crippen LogP contribution in [0.1, 0.15) is 22.5 Å². The van der Waals surface area contributed by atoms with E-state index in [1.165, 1.54) is 9.75 Å². The SMILES string of the molecule is CCc1ccc(CSc2nnc(C)n2CCN)s1. The van der Waals surface area contributed by atoms with Crippen LogP contribution in [-0.4, -0.2) is 21.3 Å². The first kappa shape index (κ1) is 13.6. The molecule has 0 spiro atoms. The van der Waals surface area contributed by atoms with E-state index in [0.29, 0.717) is 6.54 Å². The van der Waals surface area contributed by atoms with Crippen LogP contribution >= 0.6 is 23.1 Å². The van der Waals surface area contributed by atoms with Crippen LogP contribution in [0.4, 0.5) is 0 Å². The summed E-state index contributed by atoms with van der Waals surface area (Å²) in [4.78, 5) is 2.82. The third-order valence-electron chi connectivity index (χ3n) is 2.66. The molecule has 2 heterocycles. The highest BCUT2D eigenvalue weighted by Crippen LogP contribution is 2.26. The van der Waals surface area contributed by atoms with E-state index >= 15 is 0 Å². The van der Waals surface area contributed by atoms with E-state index in [9.17, 15) is 0 Å². The molecule has 2 N–H and O–H groups in total. The van der Waals surface area contributed by atoms with Crippen molar-refractivity contribution in [3.05, 3.63) is 27.7 Å². The first-order valence-electron chi connectivity index (χ1n) is 6.04. The van der Waals surface area contributed by atoms with Gasteiger partial charge in [0.2, 0.25) is 0 Å². The van der Waals surface area contributed by atoms with Crippen LogP contribution < -0.4 is 5.73 Å². The molecule has 0 aliphatic carbocycles. The van der Waals surface area contributed by atoms with Crippen LogP contribution in [0, 0.1) is 6.92 Å². The maximum absolute atomic E-state index is 5.60. The molecule has 0 aromatic carbocycles. The number of rotatable bonds is 6. The second-order valence-electron chi connectivity index (χ2n) is 3.98. The molecule has 0 fully saturated rings. The normalized spacial score (nSPS) is 11.1. The van der Waals surface area contributed by atoms with Gasteiger partial charge in [-0.3, -0.25) is 0 Å². The molecule has 98 valence electrons. The Morgan fingerprint density at radius 2 is 2.11 bits per heavy atom. The van der Waals surface area contributed by atoms with Crippen molar-refractivity contribution in [2.45, 2.75) is 37.7 Å². The van der Waals surface area contributed by atoms with E-state index in [2.05, 4.69) is 33.8 Å². The number of hydrogen-bond acceptors (Lipinski definition) is 5. The molecule has 0 atom stereocenters. The average Bonchev–Trinajstić information content (AvgIpc) is 2.96. The van der Waals surface area contributed by atoms with Gasteiger partial charge in [0.1, 0.15) is 5.82 Å². The Hall–Kier alpha value is -0.850. The van der Waals surface area contributed by atoms with Crippen molar-refractivity contribution in [2.24, 2.45) is 5.73 Å². The van der Waals surface area contributed by atoms with Gasteiger partial charge in [-0.05, 0) is 25.5 Å². The summed E-state index contributed by atoms with van der Waals surface area (Å²) in [5.41, 5.74) is 5.60. The van der Waals surface area contributed by atoms with Gasteiger partial charge >= 0.3 is 0 Å². The Balaban J connectivity index is 2.01. The molecule has 0 bridgehead atoms. The van der Waals surface area contributed by atoms with Crippen LogP contribution in [-0.2, 0) is 18.7 Å². The molecule has 18 heavy (non-hydrogen) atoms. The van der Waals surface area contributed by atoms with Crippen molar-refractivity contribution in [3.63, 3.8) is 0 Å². The van der Waals surface area contributed by atoms with E-state index in [1.54, 1.807) is 11.8 Å². The lowest BCUT2D eigenvalue weighted by molar-refractivity contribution is 0.627. The Bertz CT molecular complexity index is 504. The van der Waals surface area contributed by atoms with Crippen LogP contribution in [0.25, 0.3) is 0 Å². The molecule has 2 aromatic heterocycles. The lowest BCUT2D eigenvalue weighted by Gasteiger charge is -2.05. The summed E-state index contributed by atoms with van der Waals surface area (Å²) < 4.78 is 2.08. The van der Waals surface area contributed by atoms with Gasteiger partial charge in [-0.15, -0.1) is 21.5 Å². The largest absolute Gasteiger partial charge is 0.329 e. The van der Waals surface area contributed by atoms with Gasteiger partial charge in [-0.1, -0.05) is 18.7 Å². The Labute approximate surface area is 116 Å². The zero-order chi connectivity index (χ0) is 13.0. The summed E-state index contributed by atoms with van der Waals surface area (Å²) >= 11 is 3.60. The number of aromatic nitrogens is 3. The summed E-state index contributed by atoms with van der Waals surface area (Å²) in [6.45, 7) is 5.55. The molecule has 0 amide bonds. The smallest absolute Gasteiger partial charge is 0.191 e. The average molecular weight is 282 g/mol. The van der Waals surface area contributed by atoms with E-state index in [1.807, 2.05) is 18.3 Å². The van der Waals surface area contributed by atoms with Gasteiger partial charge in [-0.2, -0.15) is 0 Å². The van der Waals surface area contributed by atoms with Crippen molar-refractivity contribution < 1.29 is 0 Å². The molecule has 0 saturated carbocycles. The number of aryl methyl sites for hydroxylation is 2. The van der Waals surface area contributed by atoms with Crippen molar-refractivity contribution in [3.8, 4) is 0 Å². The molecule has 2 aromatic rings. The second-order valence-corrected chi connectivity index (χ2v) is 6.18. The van der Waals surface area contributed by atoms with E-state index in [4.69, 9.17) is 5.73 Å². The summed E-state index contributed by atoms with van der Waals surface area (Å²) in [6.07, 6.45) is 1.11. The molecule has 6 heteroatoms. The fourth-order valence-corrected chi connectivity index (χ4v) is 3.69. The monoisotopic (exact) mass is 282 g/mol. The first-order chi connectivity index (χ1) is 8.74. The quantitative estimate of drug-likeness (QED) is 0.827. The number of nitrogens with zero attached hydrogens (tertiary/aromatic N) is 3. The standard InChI is InChI=1S/C12H18N4S2/c1-3-10-4-5-11(18-10)8-17-12-15-14-9(2)16(12)7-6-13/h4-5H,3,6-8,13H2,1-2H3. The van der Waals surface area contributed by atoms with Crippen LogP contribution in [0.3, 0.4) is 0 Å². The third-order valence-corrected chi connectivity index (χ3v) is 5.09. The Morgan fingerprint density at radius 1 is 1.33 bits per heavy atom. The minimum Gasteiger partial charge on any atom is -0.329 e. The molecular weight excluding hydrogens is 264 g/mol. The van der Waals surface area contributed by atoms with Crippen LogP contribution in [0.15, 0.2) is 17.3 Å². The molecule has 0 radical (unpaired) electrons. The fraction of sp³-hybridized carbons (Fsp3) is 0.500. The van der Waals surface area contributed by atoms with Crippen LogP contribution in [0.2, 0.25) is 0 Å². The highest BCUT2D eigenvalue weighted by atomic mass is 32.2. The van der Waals surface area contributed by atoms with Crippen molar-refractivity contribution >= 4 is 23.1 Å². The van der Waals surface area contributed by atoms with Crippen molar-refractivity contribution in [2.75, 3.05) is 6.54 Å². The maximum Gasteiger partial charge on any atom is 0.191 e. The van der Waals surface area contributed by atoms with Crippen molar-refractivity contribution in [1.29, 1.82) is 0 Å². The predicted molar refractivity (Wildman–Crippen MR) is 77.1 cm³/mol. The highest BCUT2D eigenvalue weighted by molar-refractivity contribution is 7.98. The molecule has 0 saturated heterocycles. The lowest BCUT2D eigenvalue weighted by atomic mass is 10.4. The molecular formula is C12H18N4S2. The predicted octanol–water partition coefficient (Wildman–Crippen LogP) is 2.46. The minimum absolute atomic E-state index is 0.616. The van der Waals surface area contributed by atoms with E-state index in [-0.39, 0.29) is 0 Å². The Kier molecular flexibility index (Phi) is 4.79. The molecule has 0 aliphatic heterocycles.